The van der Waals surface area contributed by atoms with E-state index in [0.717, 1.165) is 36.5 Å². The first kappa shape index (κ1) is 14.7. The third-order valence-electron chi connectivity index (χ3n) is 3.94. The lowest BCUT2D eigenvalue weighted by atomic mass is 10.00. The monoisotopic (exact) mass is 303 g/mol. The molecule has 1 unspecified atom stereocenters. The van der Waals surface area contributed by atoms with Crippen LogP contribution in [0.2, 0.25) is 0 Å². The standard InChI is InChI=1S/C17H16F2N2O/c18-14-6-3-7-15(19)17(14)20-16(22)11-21-9-8-12-4-1-2-5-13(12)10-21/h1-7H,8-11H2,(H,20,22)/p+1. The first-order chi connectivity index (χ1) is 10.6. The van der Waals surface area contributed by atoms with Gasteiger partial charge in [-0.15, -0.1) is 0 Å². The molecule has 2 N–H and O–H groups in total. The molecule has 1 amide bonds. The average Bonchev–Trinajstić information content (AvgIpc) is 2.51. The number of nitrogens with one attached hydrogen (secondary N) is 2. The van der Waals surface area contributed by atoms with E-state index in [1.165, 1.54) is 17.2 Å². The van der Waals surface area contributed by atoms with Crippen LogP contribution in [0.5, 0.6) is 0 Å². The second kappa shape index (κ2) is 6.23. The highest BCUT2D eigenvalue weighted by atomic mass is 19.1. The quantitative estimate of drug-likeness (QED) is 0.886. The molecule has 0 saturated heterocycles. The Morgan fingerprint density at radius 3 is 2.45 bits per heavy atom. The van der Waals surface area contributed by atoms with Crippen molar-refractivity contribution >= 4 is 11.6 Å². The van der Waals surface area contributed by atoms with E-state index in [4.69, 9.17) is 0 Å². The van der Waals surface area contributed by atoms with Crippen molar-refractivity contribution in [3.8, 4) is 0 Å². The second-order valence-electron chi connectivity index (χ2n) is 5.52. The van der Waals surface area contributed by atoms with Crippen LogP contribution in [-0.2, 0) is 17.8 Å². The molecule has 0 aromatic heterocycles. The van der Waals surface area contributed by atoms with Crippen molar-refractivity contribution in [2.45, 2.75) is 13.0 Å². The minimum atomic E-state index is -0.757. The first-order valence-electron chi connectivity index (χ1n) is 7.27. The molecule has 22 heavy (non-hydrogen) atoms. The Kier molecular flexibility index (Phi) is 4.15. The summed E-state index contributed by atoms with van der Waals surface area (Å²) in [5.41, 5.74) is 2.17. The number of amides is 1. The van der Waals surface area contributed by atoms with Crippen LogP contribution in [0.1, 0.15) is 11.1 Å². The number of fused-ring (bicyclic) bond motifs is 1. The van der Waals surface area contributed by atoms with E-state index in [-0.39, 0.29) is 18.1 Å². The maximum Gasteiger partial charge on any atom is 0.279 e. The van der Waals surface area contributed by atoms with Crippen LogP contribution in [0, 0.1) is 11.6 Å². The summed E-state index contributed by atoms with van der Waals surface area (Å²) in [6.07, 6.45) is 0.910. The third-order valence-corrected chi connectivity index (χ3v) is 3.94. The van der Waals surface area contributed by atoms with Crippen molar-refractivity contribution in [2.24, 2.45) is 0 Å². The van der Waals surface area contributed by atoms with E-state index in [0.29, 0.717) is 0 Å². The minimum Gasteiger partial charge on any atom is -0.323 e. The average molecular weight is 303 g/mol. The Morgan fingerprint density at radius 2 is 1.73 bits per heavy atom. The van der Waals surface area contributed by atoms with Crippen LogP contribution in [0.3, 0.4) is 0 Å². The predicted molar refractivity (Wildman–Crippen MR) is 79.5 cm³/mol. The highest BCUT2D eigenvalue weighted by Crippen LogP contribution is 2.17. The number of benzene rings is 2. The number of rotatable bonds is 3. The molecule has 1 aliphatic rings. The van der Waals surface area contributed by atoms with Gasteiger partial charge in [0.2, 0.25) is 0 Å². The minimum absolute atomic E-state index is 0.197. The Hall–Kier alpha value is -2.27. The van der Waals surface area contributed by atoms with Gasteiger partial charge in [-0.25, -0.2) is 8.78 Å². The fraction of sp³-hybridized carbons (Fsp3) is 0.235. The number of para-hydroxylation sites is 1. The Bertz CT molecular complexity index is 683. The highest BCUT2D eigenvalue weighted by molar-refractivity contribution is 5.91. The van der Waals surface area contributed by atoms with E-state index < -0.39 is 11.6 Å². The van der Waals surface area contributed by atoms with Crippen LogP contribution >= 0.6 is 0 Å². The van der Waals surface area contributed by atoms with Crippen molar-refractivity contribution < 1.29 is 18.5 Å². The Labute approximate surface area is 127 Å². The molecule has 0 aliphatic carbocycles. The maximum atomic E-state index is 13.5. The van der Waals surface area contributed by atoms with Crippen LogP contribution < -0.4 is 10.2 Å². The smallest absolute Gasteiger partial charge is 0.279 e. The molecule has 1 aliphatic heterocycles. The lowest BCUT2D eigenvalue weighted by Gasteiger charge is -2.25. The molecular weight excluding hydrogens is 286 g/mol. The zero-order chi connectivity index (χ0) is 15.5. The van der Waals surface area contributed by atoms with Gasteiger partial charge in [-0.3, -0.25) is 4.79 Å². The molecule has 1 atom stereocenters. The lowest BCUT2D eigenvalue weighted by molar-refractivity contribution is -0.907. The summed E-state index contributed by atoms with van der Waals surface area (Å²) in [7, 11) is 0. The molecule has 3 rings (SSSR count). The third kappa shape index (κ3) is 3.14. The van der Waals surface area contributed by atoms with E-state index >= 15 is 0 Å². The summed E-state index contributed by atoms with van der Waals surface area (Å²) in [5.74, 6) is -1.89. The van der Waals surface area contributed by atoms with Crippen molar-refractivity contribution in [2.75, 3.05) is 18.4 Å². The molecule has 0 bridgehead atoms. The van der Waals surface area contributed by atoms with Gasteiger partial charge in [-0.2, -0.15) is 0 Å². The van der Waals surface area contributed by atoms with Crippen molar-refractivity contribution in [3.05, 3.63) is 65.2 Å². The normalized spacial score (nSPS) is 16.9. The van der Waals surface area contributed by atoms with Crippen LogP contribution in [0.15, 0.2) is 42.5 Å². The first-order valence-corrected chi connectivity index (χ1v) is 7.27. The van der Waals surface area contributed by atoms with Gasteiger partial charge in [-0.1, -0.05) is 30.3 Å². The number of carbonyl (C=O) groups excluding carboxylic acids is 1. The largest absolute Gasteiger partial charge is 0.323 e. The molecule has 0 radical (unpaired) electrons. The van der Waals surface area contributed by atoms with E-state index in [1.54, 1.807) is 0 Å². The SMILES string of the molecule is O=C(C[NH+]1CCc2ccccc2C1)Nc1c(F)cccc1F. The van der Waals surface area contributed by atoms with Crippen LogP contribution in [-0.4, -0.2) is 19.0 Å². The summed E-state index contributed by atoms with van der Waals surface area (Å²) in [6.45, 7) is 1.79. The molecule has 0 spiro atoms. The number of carbonyl (C=O) groups is 1. The van der Waals surface area contributed by atoms with Gasteiger partial charge in [0, 0.05) is 12.0 Å². The van der Waals surface area contributed by atoms with Gasteiger partial charge >= 0.3 is 0 Å². The van der Waals surface area contributed by atoms with Crippen LogP contribution in [0.4, 0.5) is 14.5 Å². The van der Waals surface area contributed by atoms with Crippen molar-refractivity contribution in [1.29, 1.82) is 0 Å². The molecule has 0 saturated carbocycles. The van der Waals surface area contributed by atoms with E-state index in [1.807, 2.05) is 12.1 Å². The summed E-state index contributed by atoms with van der Waals surface area (Å²) >= 11 is 0. The number of halogens is 2. The van der Waals surface area contributed by atoms with Crippen LogP contribution in [0.25, 0.3) is 0 Å². The Balaban J connectivity index is 1.64. The molecule has 0 fully saturated rings. The molecule has 1 heterocycles. The second-order valence-corrected chi connectivity index (χ2v) is 5.52. The molecule has 2 aromatic carbocycles. The summed E-state index contributed by atoms with van der Waals surface area (Å²) in [4.78, 5) is 13.1. The van der Waals surface area contributed by atoms with Gasteiger partial charge < -0.3 is 10.2 Å². The number of quaternary nitrogens is 1. The molecule has 2 aromatic rings. The van der Waals surface area contributed by atoms with Crippen molar-refractivity contribution in [3.63, 3.8) is 0 Å². The number of hydrogen-bond donors (Lipinski definition) is 2. The lowest BCUT2D eigenvalue weighted by Crippen LogP contribution is -3.12. The van der Waals surface area contributed by atoms with Gasteiger partial charge in [0.1, 0.15) is 23.9 Å². The zero-order valence-electron chi connectivity index (χ0n) is 12.0. The van der Waals surface area contributed by atoms with E-state index in [9.17, 15) is 13.6 Å². The Morgan fingerprint density at radius 1 is 1.05 bits per heavy atom. The number of anilines is 1. The number of hydrogen-bond acceptors (Lipinski definition) is 1. The molecular formula is C17H17F2N2O+. The zero-order valence-corrected chi connectivity index (χ0v) is 12.0. The van der Waals surface area contributed by atoms with Gasteiger partial charge in [0.15, 0.2) is 6.54 Å². The molecule has 5 heteroatoms. The van der Waals surface area contributed by atoms with Gasteiger partial charge in [0.25, 0.3) is 5.91 Å². The summed E-state index contributed by atoms with van der Waals surface area (Å²) < 4.78 is 27.0. The van der Waals surface area contributed by atoms with Crippen molar-refractivity contribution in [1.82, 2.24) is 0 Å². The molecule has 114 valence electrons. The predicted octanol–water partition coefficient (Wildman–Crippen LogP) is 1.54. The fourth-order valence-electron chi connectivity index (χ4n) is 2.82. The topological polar surface area (TPSA) is 33.5 Å². The summed E-state index contributed by atoms with van der Waals surface area (Å²) in [5, 5.41) is 2.34. The highest BCUT2D eigenvalue weighted by Gasteiger charge is 2.22. The van der Waals surface area contributed by atoms with Gasteiger partial charge in [0.05, 0.1) is 6.54 Å². The van der Waals surface area contributed by atoms with E-state index in [2.05, 4.69) is 17.4 Å². The maximum absolute atomic E-state index is 13.5. The summed E-state index contributed by atoms with van der Waals surface area (Å²) in [6, 6.07) is 11.7. The van der Waals surface area contributed by atoms with Gasteiger partial charge in [-0.05, 0) is 17.7 Å². The molecule has 3 nitrogen and oxygen atoms in total. The fourth-order valence-corrected chi connectivity index (χ4v) is 2.82.